The van der Waals surface area contributed by atoms with Crippen molar-refractivity contribution in [3.05, 3.63) is 188 Å². The lowest BCUT2D eigenvalue weighted by molar-refractivity contribution is 0.669. The summed E-state index contributed by atoms with van der Waals surface area (Å²) in [4.78, 5) is 2.46. The van der Waals surface area contributed by atoms with Gasteiger partial charge in [0.05, 0.1) is 10.4 Å². The summed E-state index contributed by atoms with van der Waals surface area (Å²) < 4.78 is 15.2. The number of thiophene rings is 1. The molecule has 3 aromatic heterocycles. The lowest BCUT2D eigenvalue weighted by Crippen LogP contribution is -2.16. The molecule has 266 valence electrons. The molecule has 8 aromatic carbocycles. The van der Waals surface area contributed by atoms with Gasteiger partial charge in [0, 0.05) is 48.4 Å². The Morgan fingerprint density at radius 2 is 1.27 bits per heavy atom. The zero-order valence-electron chi connectivity index (χ0n) is 30.5. The molecule has 0 aliphatic rings. The van der Waals surface area contributed by atoms with Crippen LogP contribution in [0.25, 0.3) is 92.0 Å². The fourth-order valence-corrected chi connectivity index (χ4v) is 9.64. The van der Waals surface area contributed by atoms with Crippen LogP contribution in [0.1, 0.15) is 18.4 Å². The van der Waals surface area contributed by atoms with E-state index < -0.39 is 0 Å². The van der Waals surface area contributed by atoms with Gasteiger partial charge in [-0.2, -0.15) is 0 Å². The molecule has 0 spiro atoms. The van der Waals surface area contributed by atoms with Crippen molar-refractivity contribution in [1.82, 2.24) is 0 Å². The van der Waals surface area contributed by atoms with Gasteiger partial charge in [0.2, 0.25) is 0 Å². The molecule has 56 heavy (non-hydrogen) atoms. The van der Waals surface area contributed by atoms with E-state index in [1.54, 1.807) is 0 Å². The summed E-state index contributed by atoms with van der Waals surface area (Å²) in [6.45, 7) is 4.14. The summed E-state index contributed by atoms with van der Waals surface area (Å²) in [5.41, 5.74) is 10.5. The molecule has 0 atom stereocenters. The highest BCUT2D eigenvalue weighted by molar-refractivity contribution is 7.26. The minimum atomic E-state index is 0.807. The topological polar surface area (TPSA) is 29.5 Å². The Hall–Kier alpha value is -6.88. The first kappa shape index (κ1) is 32.5. The number of anilines is 2. The van der Waals surface area contributed by atoms with E-state index in [1.807, 2.05) is 29.5 Å². The molecule has 11 aromatic rings. The molecule has 11 rings (SSSR count). The molecule has 0 aliphatic heterocycles. The third kappa shape index (κ3) is 5.33. The summed E-state index contributed by atoms with van der Waals surface area (Å²) in [5.74, 6) is 0. The maximum atomic E-state index is 6.39. The number of rotatable bonds is 8. The van der Waals surface area contributed by atoms with Crippen molar-refractivity contribution in [3.63, 3.8) is 0 Å². The van der Waals surface area contributed by atoms with Crippen LogP contribution in [0.15, 0.2) is 191 Å². The molecule has 0 N–H and O–H groups in total. The molecule has 0 saturated heterocycles. The summed E-state index contributed by atoms with van der Waals surface area (Å²) in [6, 6.07) is 58.6. The number of para-hydroxylation sites is 1. The summed E-state index contributed by atoms with van der Waals surface area (Å²) in [6.07, 6.45) is 6.01. The average Bonchev–Trinajstić information content (AvgIpc) is 3.93. The molecule has 0 amide bonds. The van der Waals surface area contributed by atoms with Gasteiger partial charge in [0.15, 0.2) is 0 Å². The quantitative estimate of drug-likeness (QED) is 0.145. The number of fused-ring (bicyclic) bond motifs is 10. The maximum absolute atomic E-state index is 6.39. The van der Waals surface area contributed by atoms with Gasteiger partial charge in [-0.05, 0) is 107 Å². The first-order chi connectivity index (χ1) is 27.7. The van der Waals surface area contributed by atoms with Crippen molar-refractivity contribution in [2.45, 2.75) is 12.8 Å². The normalized spacial score (nSPS) is 12.2. The van der Waals surface area contributed by atoms with Crippen LogP contribution in [0.4, 0.5) is 11.4 Å². The Labute approximate surface area is 327 Å². The predicted molar refractivity (Wildman–Crippen MR) is 239 cm³/mol. The predicted octanol–water partition coefficient (Wildman–Crippen LogP) is 15.8. The van der Waals surface area contributed by atoms with Crippen molar-refractivity contribution < 1.29 is 8.83 Å². The van der Waals surface area contributed by atoms with Crippen molar-refractivity contribution in [2.75, 3.05) is 4.90 Å². The molecular weight excluding hydrogens is 703 g/mol. The molecule has 3 heterocycles. The highest BCUT2D eigenvalue weighted by atomic mass is 32.1. The number of nitrogens with zero attached hydrogens (tertiary/aromatic N) is 1. The van der Waals surface area contributed by atoms with E-state index in [-0.39, 0.29) is 0 Å². The molecule has 0 bridgehead atoms. The zero-order chi connectivity index (χ0) is 37.2. The van der Waals surface area contributed by atoms with Crippen LogP contribution in [-0.4, -0.2) is 0 Å². The summed E-state index contributed by atoms with van der Waals surface area (Å²) >= 11 is 1.86. The van der Waals surface area contributed by atoms with Crippen molar-refractivity contribution in [2.24, 2.45) is 0 Å². The van der Waals surface area contributed by atoms with Gasteiger partial charge in [-0.1, -0.05) is 109 Å². The van der Waals surface area contributed by atoms with Crippen molar-refractivity contribution in [3.8, 4) is 11.1 Å². The van der Waals surface area contributed by atoms with Crippen LogP contribution >= 0.6 is 11.3 Å². The second-order valence-electron chi connectivity index (χ2n) is 14.4. The van der Waals surface area contributed by atoms with Gasteiger partial charge in [-0.15, -0.1) is 17.9 Å². The third-order valence-corrected chi connectivity index (χ3v) is 12.3. The number of hydrogen-bond donors (Lipinski definition) is 0. The van der Waals surface area contributed by atoms with Crippen molar-refractivity contribution in [1.29, 1.82) is 0 Å². The van der Waals surface area contributed by atoms with E-state index >= 15 is 0 Å². The van der Waals surface area contributed by atoms with Gasteiger partial charge in [0.25, 0.3) is 0 Å². The molecule has 3 nitrogen and oxygen atoms in total. The number of furan rings is 2. The van der Waals surface area contributed by atoms with E-state index in [1.165, 1.54) is 36.6 Å². The largest absolute Gasteiger partial charge is 0.456 e. The third-order valence-electron chi connectivity index (χ3n) is 11.1. The molecule has 4 heteroatoms. The fraction of sp³-hybridized carbons (Fsp3) is 0.0385. The first-order valence-corrected chi connectivity index (χ1v) is 19.9. The van der Waals surface area contributed by atoms with Crippen LogP contribution in [0, 0.1) is 0 Å². The number of hydrogen-bond acceptors (Lipinski definition) is 4. The Kier molecular flexibility index (Phi) is 7.64. The van der Waals surface area contributed by atoms with Crippen LogP contribution in [0.5, 0.6) is 0 Å². The standard InChI is InChI=1S/C52H35NO2S/c1-2-3-14-38(29-33-23-28-47-43(30-33)44-31-35-12-4-5-13-36(35)32-49(44)55-47)53(45-19-10-18-41-40-15-7-9-22-50(40)56-52(41)45)37-26-24-34(25-27-37)39-17-11-21-48-51(39)42-16-6-8-20-46(42)54-48/h2,4-13,15-32H,1,3,14H2/b38-29-. The number of allylic oxidation sites excluding steroid dienone is 2. The minimum Gasteiger partial charge on any atom is -0.456 e. The summed E-state index contributed by atoms with van der Waals surface area (Å²) in [5, 5.41) is 9.46. The van der Waals surface area contributed by atoms with E-state index in [2.05, 4.69) is 169 Å². The second-order valence-corrected chi connectivity index (χ2v) is 15.5. The lowest BCUT2D eigenvalue weighted by atomic mass is 9.98. The van der Waals surface area contributed by atoms with Crippen LogP contribution in [-0.2, 0) is 0 Å². The molecule has 0 aliphatic carbocycles. The monoisotopic (exact) mass is 737 g/mol. The Morgan fingerprint density at radius 3 is 2.14 bits per heavy atom. The van der Waals surface area contributed by atoms with Crippen LogP contribution in [0.3, 0.4) is 0 Å². The minimum absolute atomic E-state index is 0.807. The SMILES string of the molecule is C=CCC/C(=C/c1ccc2oc3cc4ccccc4cc3c2c1)N(c1ccc(-c2cccc3oc4ccccc4c23)cc1)c1cccc2c1sc1ccccc12. The average molecular weight is 738 g/mol. The molecule has 0 radical (unpaired) electrons. The van der Waals surface area contributed by atoms with Crippen LogP contribution < -0.4 is 4.90 Å². The van der Waals surface area contributed by atoms with E-state index in [9.17, 15) is 0 Å². The second kappa shape index (κ2) is 13.2. The van der Waals surface area contributed by atoms with Gasteiger partial charge in [0.1, 0.15) is 22.3 Å². The van der Waals surface area contributed by atoms with E-state index in [4.69, 9.17) is 8.83 Å². The van der Waals surface area contributed by atoms with Gasteiger partial charge >= 0.3 is 0 Å². The van der Waals surface area contributed by atoms with Gasteiger partial charge < -0.3 is 13.7 Å². The number of benzene rings is 8. The molecule has 0 unspecified atom stereocenters. The summed E-state index contributed by atoms with van der Waals surface area (Å²) in [7, 11) is 0. The van der Waals surface area contributed by atoms with E-state index in [0.717, 1.165) is 84.8 Å². The Balaban J connectivity index is 1.10. The lowest BCUT2D eigenvalue weighted by Gasteiger charge is -2.29. The zero-order valence-corrected chi connectivity index (χ0v) is 31.4. The highest BCUT2D eigenvalue weighted by Gasteiger charge is 2.21. The Bertz CT molecular complexity index is 3340. The van der Waals surface area contributed by atoms with Crippen molar-refractivity contribution >= 4 is 104 Å². The molecular formula is C52H35NO2S. The molecule has 0 saturated carbocycles. The van der Waals surface area contributed by atoms with E-state index in [0.29, 0.717) is 0 Å². The van der Waals surface area contributed by atoms with Gasteiger partial charge in [-0.3, -0.25) is 0 Å². The smallest absolute Gasteiger partial charge is 0.136 e. The maximum Gasteiger partial charge on any atom is 0.136 e. The molecule has 0 fully saturated rings. The Morgan fingerprint density at radius 1 is 0.571 bits per heavy atom. The highest BCUT2D eigenvalue weighted by Crippen LogP contribution is 2.45. The van der Waals surface area contributed by atoms with Gasteiger partial charge in [-0.25, -0.2) is 0 Å². The first-order valence-electron chi connectivity index (χ1n) is 19.1. The fourth-order valence-electron chi connectivity index (χ4n) is 8.43. The van der Waals surface area contributed by atoms with Crippen LogP contribution in [0.2, 0.25) is 0 Å².